The van der Waals surface area contributed by atoms with E-state index < -0.39 is 27.9 Å². The topological polar surface area (TPSA) is 58.6 Å². The Kier molecular flexibility index (Phi) is 6.18. The maximum absolute atomic E-state index is 12.6. The van der Waals surface area contributed by atoms with Gasteiger partial charge in [0.15, 0.2) is 0 Å². The summed E-state index contributed by atoms with van der Waals surface area (Å²) in [6, 6.07) is 21.4. The van der Waals surface area contributed by atoms with Gasteiger partial charge in [0.05, 0.1) is 15.7 Å². The number of benzene rings is 2. The van der Waals surface area contributed by atoms with Gasteiger partial charge in [0, 0.05) is 6.04 Å². The molecule has 1 aliphatic rings. The molecule has 5 nitrogen and oxygen atoms in total. The third-order valence-corrected chi connectivity index (χ3v) is 5.86. The van der Waals surface area contributed by atoms with Crippen molar-refractivity contribution < 1.29 is 13.7 Å². The zero-order chi connectivity index (χ0) is 20.1. The SMILES string of the molecule is CC(C)(C)[S@@](=O)N[C@H](C#CN1C(=O)OC[C@H]1c1ccccc1)c1ccccc1. The Morgan fingerprint density at radius 2 is 1.71 bits per heavy atom. The van der Waals surface area contributed by atoms with Gasteiger partial charge in [-0.15, -0.1) is 0 Å². The lowest BCUT2D eigenvalue weighted by Gasteiger charge is -2.22. The van der Waals surface area contributed by atoms with Crippen molar-refractivity contribution in [1.82, 2.24) is 9.62 Å². The fourth-order valence-corrected chi connectivity index (χ4v) is 3.47. The number of carbonyl (C=O) groups excluding carboxylic acids is 1. The van der Waals surface area contributed by atoms with E-state index in [4.69, 9.17) is 4.74 Å². The van der Waals surface area contributed by atoms with Gasteiger partial charge in [-0.1, -0.05) is 66.6 Å². The molecule has 0 spiro atoms. The monoisotopic (exact) mass is 396 g/mol. The predicted octanol–water partition coefficient (Wildman–Crippen LogP) is 3.93. The zero-order valence-corrected chi connectivity index (χ0v) is 17.0. The van der Waals surface area contributed by atoms with E-state index in [0.717, 1.165) is 11.1 Å². The molecule has 1 heterocycles. The van der Waals surface area contributed by atoms with Gasteiger partial charge in [0.2, 0.25) is 0 Å². The van der Waals surface area contributed by atoms with Crippen molar-refractivity contribution >= 4 is 17.1 Å². The molecule has 0 aliphatic carbocycles. The number of carbonyl (C=O) groups is 1. The fraction of sp³-hybridized carbons (Fsp3) is 0.318. The average molecular weight is 397 g/mol. The molecule has 0 bridgehead atoms. The minimum atomic E-state index is -1.31. The van der Waals surface area contributed by atoms with Crippen molar-refractivity contribution in [2.24, 2.45) is 0 Å². The van der Waals surface area contributed by atoms with Crippen LogP contribution in [-0.4, -0.2) is 26.6 Å². The molecular formula is C22H24N2O3S. The van der Waals surface area contributed by atoms with Crippen LogP contribution < -0.4 is 4.72 Å². The third-order valence-electron chi connectivity index (χ3n) is 4.30. The highest BCUT2D eigenvalue weighted by Gasteiger charge is 2.33. The molecule has 2 aromatic rings. The number of nitrogens with zero attached hydrogens (tertiary/aromatic N) is 1. The van der Waals surface area contributed by atoms with E-state index in [1.54, 1.807) is 0 Å². The second-order valence-electron chi connectivity index (χ2n) is 7.47. The van der Waals surface area contributed by atoms with Crippen LogP contribution in [0.15, 0.2) is 60.7 Å². The van der Waals surface area contributed by atoms with E-state index in [9.17, 15) is 9.00 Å². The normalized spacial score (nSPS) is 18.8. The van der Waals surface area contributed by atoms with E-state index >= 15 is 0 Å². The van der Waals surface area contributed by atoms with Crippen molar-refractivity contribution in [2.45, 2.75) is 37.6 Å². The van der Waals surface area contributed by atoms with Gasteiger partial charge in [-0.2, -0.15) is 0 Å². The van der Waals surface area contributed by atoms with Gasteiger partial charge in [0.25, 0.3) is 0 Å². The van der Waals surface area contributed by atoms with Crippen LogP contribution in [-0.2, 0) is 15.7 Å². The van der Waals surface area contributed by atoms with Gasteiger partial charge in [0.1, 0.15) is 18.7 Å². The summed E-state index contributed by atoms with van der Waals surface area (Å²) in [5.74, 6) is 3.08. The van der Waals surface area contributed by atoms with Crippen LogP contribution >= 0.6 is 0 Å². The molecule has 3 rings (SSSR count). The molecule has 1 amide bonds. The van der Waals surface area contributed by atoms with Gasteiger partial charge in [-0.3, -0.25) is 0 Å². The standard InChI is InChI=1S/C22H24N2O3S/c1-22(2,3)28(26)23-19(17-10-6-4-7-11-17)14-15-24-20(16-27-21(24)25)18-12-8-5-9-13-18/h4-13,19-20,23H,16H2,1-3H3/t19-,20+,28-/m1/s1. The Morgan fingerprint density at radius 1 is 1.11 bits per heavy atom. The lowest BCUT2D eigenvalue weighted by molar-refractivity contribution is 0.167. The van der Waals surface area contributed by atoms with Crippen LogP contribution in [0.25, 0.3) is 0 Å². The lowest BCUT2D eigenvalue weighted by Crippen LogP contribution is -2.35. The molecule has 146 valence electrons. The van der Waals surface area contributed by atoms with Crippen molar-refractivity contribution in [2.75, 3.05) is 6.61 Å². The van der Waals surface area contributed by atoms with Crippen LogP contribution in [0.4, 0.5) is 4.79 Å². The second kappa shape index (κ2) is 8.59. The Balaban J connectivity index is 1.89. The zero-order valence-electron chi connectivity index (χ0n) is 16.2. The highest BCUT2D eigenvalue weighted by Crippen LogP contribution is 2.27. The van der Waals surface area contributed by atoms with Gasteiger partial charge < -0.3 is 4.74 Å². The first kappa shape index (κ1) is 20.1. The van der Waals surface area contributed by atoms with Crippen molar-refractivity contribution in [3.63, 3.8) is 0 Å². The van der Waals surface area contributed by atoms with E-state index in [2.05, 4.69) is 16.7 Å². The molecule has 0 unspecified atom stereocenters. The number of ether oxygens (including phenoxy) is 1. The first-order valence-corrected chi connectivity index (χ1v) is 10.3. The summed E-state index contributed by atoms with van der Waals surface area (Å²) in [6.07, 6.45) is -0.467. The molecule has 6 heteroatoms. The quantitative estimate of drug-likeness (QED) is 0.797. The summed E-state index contributed by atoms with van der Waals surface area (Å²) in [5.41, 5.74) is 1.85. The predicted molar refractivity (Wildman–Crippen MR) is 110 cm³/mol. The average Bonchev–Trinajstić information content (AvgIpc) is 3.06. The summed E-state index contributed by atoms with van der Waals surface area (Å²) in [4.78, 5) is 13.6. The van der Waals surface area contributed by atoms with Crippen LogP contribution in [0, 0.1) is 12.0 Å². The maximum atomic E-state index is 12.6. The highest BCUT2D eigenvalue weighted by atomic mass is 32.2. The van der Waals surface area contributed by atoms with Crippen molar-refractivity contribution in [1.29, 1.82) is 0 Å². The maximum Gasteiger partial charge on any atom is 0.422 e. The third kappa shape index (κ3) is 4.80. The Morgan fingerprint density at radius 3 is 2.32 bits per heavy atom. The van der Waals surface area contributed by atoms with Crippen molar-refractivity contribution in [3.05, 3.63) is 71.8 Å². The van der Waals surface area contributed by atoms with Gasteiger partial charge >= 0.3 is 6.09 Å². The smallest absolute Gasteiger partial charge is 0.422 e. The molecule has 1 aliphatic heterocycles. The number of nitrogens with one attached hydrogen (secondary N) is 1. The van der Waals surface area contributed by atoms with E-state index in [1.165, 1.54) is 4.90 Å². The van der Waals surface area contributed by atoms with Crippen LogP contribution in [0.1, 0.15) is 44.0 Å². The fourth-order valence-electron chi connectivity index (χ4n) is 2.71. The minimum absolute atomic E-state index is 0.259. The molecule has 28 heavy (non-hydrogen) atoms. The lowest BCUT2D eigenvalue weighted by atomic mass is 10.1. The van der Waals surface area contributed by atoms with Crippen LogP contribution in [0.3, 0.4) is 0 Å². The molecule has 0 saturated carbocycles. The van der Waals surface area contributed by atoms with Crippen LogP contribution in [0.5, 0.6) is 0 Å². The second-order valence-corrected chi connectivity index (χ2v) is 9.47. The van der Waals surface area contributed by atoms with Crippen LogP contribution in [0.2, 0.25) is 0 Å². The first-order chi connectivity index (χ1) is 13.4. The number of hydrogen-bond acceptors (Lipinski definition) is 3. The summed E-state index contributed by atoms with van der Waals surface area (Å²) in [6.45, 7) is 5.95. The van der Waals surface area contributed by atoms with Gasteiger partial charge in [-0.25, -0.2) is 18.6 Å². The molecule has 0 aromatic heterocycles. The van der Waals surface area contributed by atoms with E-state index in [1.807, 2.05) is 81.4 Å². The summed E-state index contributed by atoms with van der Waals surface area (Å²) >= 11 is 0. The molecular weight excluding hydrogens is 372 g/mol. The molecule has 1 saturated heterocycles. The number of amides is 1. The first-order valence-electron chi connectivity index (χ1n) is 9.11. The minimum Gasteiger partial charge on any atom is -0.446 e. The number of rotatable bonds is 4. The van der Waals surface area contributed by atoms with E-state index in [0.29, 0.717) is 0 Å². The number of hydrogen-bond donors (Lipinski definition) is 1. The van der Waals surface area contributed by atoms with Crippen molar-refractivity contribution in [3.8, 4) is 12.0 Å². The summed E-state index contributed by atoms with van der Waals surface area (Å²) in [5, 5.41) is 0. The summed E-state index contributed by atoms with van der Waals surface area (Å²) in [7, 11) is -1.31. The summed E-state index contributed by atoms with van der Waals surface area (Å²) < 4.78 is 20.5. The van der Waals surface area contributed by atoms with E-state index in [-0.39, 0.29) is 12.6 Å². The number of cyclic esters (lactones) is 1. The molecule has 3 atom stereocenters. The molecule has 1 fully saturated rings. The molecule has 1 N–H and O–H groups in total. The Bertz CT molecular complexity index is 898. The Hall–Kier alpha value is -2.62. The Labute approximate surface area is 168 Å². The largest absolute Gasteiger partial charge is 0.446 e. The molecule has 0 radical (unpaired) electrons. The highest BCUT2D eigenvalue weighted by molar-refractivity contribution is 7.84. The van der Waals surface area contributed by atoms with Gasteiger partial charge in [-0.05, 0) is 31.9 Å². The molecule has 2 aromatic carbocycles.